The minimum absolute atomic E-state index is 0.183. The van der Waals surface area contributed by atoms with E-state index in [1.165, 1.54) is 0 Å². The van der Waals surface area contributed by atoms with E-state index in [2.05, 4.69) is 5.32 Å². The minimum atomic E-state index is -1.01. The molecule has 1 aromatic carbocycles. The molecule has 0 aliphatic carbocycles. The normalized spacial score (nSPS) is 21.9. The summed E-state index contributed by atoms with van der Waals surface area (Å²) in [5.74, 6) is -1.01. The average molecular weight is 265 g/mol. The van der Waals surface area contributed by atoms with Gasteiger partial charge in [-0.1, -0.05) is 30.3 Å². The maximum Gasteiger partial charge on any atom is 0.407 e. The monoisotopic (exact) mass is 265 g/mol. The van der Waals surface area contributed by atoms with Gasteiger partial charge in [-0.25, -0.2) is 9.59 Å². The van der Waals surface area contributed by atoms with Gasteiger partial charge < -0.3 is 19.9 Å². The van der Waals surface area contributed by atoms with Crippen LogP contribution in [0, 0.1) is 0 Å². The molecule has 0 spiro atoms. The molecule has 1 heterocycles. The zero-order valence-electron chi connectivity index (χ0n) is 10.2. The summed E-state index contributed by atoms with van der Waals surface area (Å²) in [6.45, 7) is 0.375. The second-order valence-electron chi connectivity index (χ2n) is 4.30. The van der Waals surface area contributed by atoms with Gasteiger partial charge in [-0.05, 0) is 5.56 Å². The van der Waals surface area contributed by atoms with Gasteiger partial charge in [0.1, 0.15) is 6.61 Å². The lowest BCUT2D eigenvalue weighted by molar-refractivity contribution is -0.147. The molecule has 19 heavy (non-hydrogen) atoms. The van der Waals surface area contributed by atoms with Crippen molar-refractivity contribution >= 4 is 12.1 Å². The summed E-state index contributed by atoms with van der Waals surface area (Å²) in [6.07, 6.45) is -1.15. The van der Waals surface area contributed by atoms with Crippen LogP contribution in [0.15, 0.2) is 30.3 Å². The van der Waals surface area contributed by atoms with E-state index in [0.717, 1.165) is 5.56 Å². The van der Waals surface area contributed by atoms with Crippen molar-refractivity contribution in [3.63, 3.8) is 0 Å². The summed E-state index contributed by atoms with van der Waals surface area (Å²) >= 11 is 0. The van der Waals surface area contributed by atoms with Gasteiger partial charge in [0.25, 0.3) is 0 Å². The number of rotatable bonds is 4. The van der Waals surface area contributed by atoms with Crippen LogP contribution in [0.2, 0.25) is 0 Å². The number of nitrogens with one attached hydrogen (secondary N) is 1. The van der Waals surface area contributed by atoms with Crippen LogP contribution < -0.4 is 5.32 Å². The smallest absolute Gasteiger partial charge is 0.407 e. The van der Waals surface area contributed by atoms with Crippen LogP contribution in [0.4, 0.5) is 4.79 Å². The highest BCUT2D eigenvalue weighted by Crippen LogP contribution is 2.13. The maximum absolute atomic E-state index is 11.5. The number of carbonyl (C=O) groups excluding carboxylic acids is 1. The Morgan fingerprint density at radius 1 is 1.37 bits per heavy atom. The van der Waals surface area contributed by atoms with Gasteiger partial charge in [-0.15, -0.1) is 0 Å². The van der Waals surface area contributed by atoms with Gasteiger partial charge in [-0.3, -0.25) is 0 Å². The van der Waals surface area contributed by atoms with Crippen LogP contribution in [-0.4, -0.2) is 35.9 Å². The Kier molecular flexibility index (Phi) is 4.35. The highest BCUT2D eigenvalue weighted by atomic mass is 16.6. The Bertz CT molecular complexity index is 448. The Balaban J connectivity index is 1.72. The van der Waals surface area contributed by atoms with Gasteiger partial charge in [0, 0.05) is 6.42 Å². The lowest BCUT2D eigenvalue weighted by Crippen LogP contribution is -2.36. The number of amides is 1. The topological polar surface area (TPSA) is 84.9 Å². The van der Waals surface area contributed by atoms with Crippen molar-refractivity contribution in [2.45, 2.75) is 25.2 Å². The first-order valence-corrected chi connectivity index (χ1v) is 5.97. The molecule has 102 valence electrons. The van der Waals surface area contributed by atoms with Gasteiger partial charge in [0.2, 0.25) is 0 Å². The Morgan fingerprint density at radius 2 is 2.11 bits per heavy atom. The zero-order chi connectivity index (χ0) is 13.7. The molecule has 1 fully saturated rings. The quantitative estimate of drug-likeness (QED) is 0.853. The Labute approximate surface area is 110 Å². The van der Waals surface area contributed by atoms with Crippen molar-refractivity contribution in [1.29, 1.82) is 0 Å². The molecule has 1 aliphatic rings. The van der Waals surface area contributed by atoms with Crippen LogP contribution in [0.5, 0.6) is 0 Å². The van der Waals surface area contributed by atoms with Crippen LogP contribution >= 0.6 is 0 Å². The first-order valence-electron chi connectivity index (χ1n) is 5.97. The number of benzene rings is 1. The summed E-state index contributed by atoms with van der Waals surface area (Å²) < 4.78 is 10.1. The summed E-state index contributed by atoms with van der Waals surface area (Å²) in [6, 6.07) is 8.99. The number of ether oxygens (including phenoxy) is 2. The SMILES string of the molecule is O=C(N[C@H]1CO[C@@H](C(=O)O)C1)OCc1ccccc1. The molecule has 1 saturated heterocycles. The second-order valence-corrected chi connectivity index (χ2v) is 4.30. The number of aliphatic carboxylic acids is 1. The second kappa shape index (κ2) is 6.19. The van der Waals surface area contributed by atoms with E-state index in [1.807, 2.05) is 30.3 Å². The fourth-order valence-corrected chi connectivity index (χ4v) is 1.83. The first-order chi connectivity index (χ1) is 9.15. The van der Waals surface area contributed by atoms with Gasteiger partial charge in [0.05, 0.1) is 12.6 Å². The van der Waals surface area contributed by atoms with Gasteiger partial charge in [-0.2, -0.15) is 0 Å². The molecule has 0 aromatic heterocycles. The maximum atomic E-state index is 11.5. The largest absolute Gasteiger partial charge is 0.479 e. The van der Waals surface area contributed by atoms with E-state index in [1.54, 1.807) is 0 Å². The van der Waals surface area contributed by atoms with Crippen LogP contribution in [0.1, 0.15) is 12.0 Å². The predicted molar refractivity (Wildman–Crippen MR) is 65.5 cm³/mol. The van der Waals surface area contributed by atoms with Gasteiger partial charge in [0.15, 0.2) is 6.10 Å². The molecule has 1 amide bonds. The zero-order valence-corrected chi connectivity index (χ0v) is 10.2. The molecule has 1 aliphatic heterocycles. The third-order valence-corrected chi connectivity index (χ3v) is 2.81. The number of carboxylic acids is 1. The van der Waals surface area contributed by atoms with Crippen molar-refractivity contribution in [3.05, 3.63) is 35.9 Å². The fraction of sp³-hybridized carbons (Fsp3) is 0.385. The van der Waals surface area contributed by atoms with Crippen molar-refractivity contribution in [2.24, 2.45) is 0 Å². The molecule has 0 radical (unpaired) electrons. The molecule has 2 N–H and O–H groups in total. The minimum Gasteiger partial charge on any atom is -0.479 e. The van der Waals surface area contributed by atoms with E-state index < -0.39 is 18.2 Å². The highest BCUT2D eigenvalue weighted by Gasteiger charge is 2.31. The summed E-state index contributed by atoms with van der Waals surface area (Å²) in [7, 11) is 0. The van der Waals surface area contributed by atoms with Crippen molar-refractivity contribution in [2.75, 3.05) is 6.61 Å². The summed E-state index contributed by atoms with van der Waals surface area (Å²) in [4.78, 5) is 22.2. The number of carboxylic acid groups (broad SMARTS) is 1. The van der Waals surface area contributed by atoms with E-state index >= 15 is 0 Å². The average Bonchev–Trinajstić information content (AvgIpc) is 2.86. The lowest BCUT2D eigenvalue weighted by Gasteiger charge is -2.11. The molecule has 0 unspecified atom stereocenters. The third-order valence-electron chi connectivity index (χ3n) is 2.81. The Morgan fingerprint density at radius 3 is 2.74 bits per heavy atom. The van der Waals surface area contributed by atoms with E-state index in [0.29, 0.717) is 0 Å². The first kappa shape index (κ1) is 13.4. The molecular weight excluding hydrogens is 250 g/mol. The third kappa shape index (κ3) is 3.96. The molecule has 2 rings (SSSR count). The van der Waals surface area contributed by atoms with Crippen LogP contribution in [-0.2, 0) is 20.9 Å². The van der Waals surface area contributed by atoms with E-state index in [9.17, 15) is 9.59 Å². The lowest BCUT2D eigenvalue weighted by atomic mass is 10.2. The predicted octanol–water partition coefficient (Wildman–Crippen LogP) is 1.15. The van der Waals surface area contributed by atoms with Crippen molar-refractivity contribution < 1.29 is 24.2 Å². The van der Waals surface area contributed by atoms with Crippen molar-refractivity contribution in [3.8, 4) is 0 Å². The number of alkyl carbamates (subject to hydrolysis) is 1. The number of hydrogen-bond acceptors (Lipinski definition) is 4. The standard InChI is InChI=1S/C13H15NO5/c15-12(16)11-6-10(8-18-11)14-13(17)19-7-9-4-2-1-3-5-9/h1-5,10-11H,6-8H2,(H,14,17)(H,15,16)/t10-,11-/m1/s1. The molecule has 2 atom stereocenters. The summed E-state index contributed by atoms with van der Waals surface area (Å²) in [5, 5.41) is 11.3. The molecule has 6 heteroatoms. The molecule has 1 aromatic rings. The van der Waals surface area contributed by atoms with E-state index in [-0.39, 0.29) is 25.7 Å². The fourth-order valence-electron chi connectivity index (χ4n) is 1.83. The van der Waals surface area contributed by atoms with Crippen molar-refractivity contribution in [1.82, 2.24) is 5.32 Å². The van der Waals surface area contributed by atoms with E-state index in [4.69, 9.17) is 14.6 Å². The molecule has 0 saturated carbocycles. The van der Waals surface area contributed by atoms with Gasteiger partial charge >= 0.3 is 12.1 Å². The molecule has 6 nitrogen and oxygen atoms in total. The highest BCUT2D eigenvalue weighted by molar-refractivity contribution is 5.73. The summed E-state index contributed by atoms with van der Waals surface area (Å²) in [5.41, 5.74) is 0.892. The van der Waals surface area contributed by atoms with Crippen LogP contribution in [0.3, 0.4) is 0 Å². The Hall–Kier alpha value is -2.08. The van der Waals surface area contributed by atoms with Crippen LogP contribution in [0.25, 0.3) is 0 Å². The number of hydrogen-bond donors (Lipinski definition) is 2. The molecule has 0 bridgehead atoms. The molecular formula is C13H15NO5. The number of carbonyl (C=O) groups is 2.